The third-order valence-corrected chi connectivity index (χ3v) is 4.73. The second-order valence-corrected chi connectivity index (χ2v) is 6.09. The van der Waals surface area contributed by atoms with E-state index < -0.39 is 6.10 Å². The average molecular weight is 287 g/mol. The van der Waals surface area contributed by atoms with Crippen molar-refractivity contribution in [3.8, 4) is 0 Å². The Hall–Kier alpha value is -1.65. The van der Waals surface area contributed by atoms with E-state index in [2.05, 4.69) is 0 Å². The van der Waals surface area contributed by atoms with E-state index in [1.54, 1.807) is 16.2 Å². The Balaban J connectivity index is 1.97. The number of thiophene rings is 1. The second-order valence-electron chi connectivity index (χ2n) is 5.11. The molecule has 1 aromatic heterocycles. The summed E-state index contributed by atoms with van der Waals surface area (Å²) in [5.74, 6) is 0.162. The molecule has 0 fully saturated rings. The molecule has 2 aromatic rings. The molecule has 0 spiro atoms. The summed E-state index contributed by atoms with van der Waals surface area (Å²) >= 11 is 1.55. The first-order valence-electron chi connectivity index (χ1n) is 6.77. The third kappa shape index (κ3) is 2.37. The van der Waals surface area contributed by atoms with Crippen LogP contribution in [0.4, 0.5) is 5.69 Å². The molecule has 0 aliphatic carbocycles. The first kappa shape index (κ1) is 13.3. The van der Waals surface area contributed by atoms with Crippen LogP contribution in [0.25, 0.3) is 0 Å². The van der Waals surface area contributed by atoms with E-state index in [1.807, 2.05) is 42.8 Å². The largest absolute Gasteiger partial charge is 0.383 e. The summed E-state index contributed by atoms with van der Waals surface area (Å²) in [4.78, 5) is 14.5. The van der Waals surface area contributed by atoms with Gasteiger partial charge in [0.2, 0.25) is 5.91 Å². The molecule has 0 saturated carbocycles. The number of amides is 1. The highest BCUT2D eigenvalue weighted by Gasteiger charge is 2.20. The van der Waals surface area contributed by atoms with Gasteiger partial charge in [0.05, 0.1) is 0 Å². The van der Waals surface area contributed by atoms with Gasteiger partial charge in [0.1, 0.15) is 6.10 Å². The van der Waals surface area contributed by atoms with Crippen molar-refractivity contribution in [2.24, 2.45) is 0 Å². The molecule has 2 heterocycles. The van der Waals surface area contributed by atoms with Crippen LogP contribution in [0.3, 0.4) is 0 Å². The molecule has 4 heteroatoms. The monoisotopic (exact) mass is 287 g/mol. The first-order chi connectivity index (χ1) is 9.66. The number of anilines is 1. The highest BCUT2D eigenvalue weighted by atomic mass is 32.1. The van der Waals surface area contributed by atoms with Crippen molar-refractivity contribution < 1.29 is 9.90 Å². The maximum atomic E-state index is 11.9. The van der Waals surface area contributed by atoms with Crippen molar-refractivity contribution in [3.63, 3.8) is 0 Å². The quantitative estimate of drug-likeness (QED) is 0.922. The summed E-state index contributed by atoms with van der Waals surface area (Å²) in [6.07, 6.45) is 1.77. The second kappa shape index (κ2) is 5.38. The summed E-state index contributed by atoms with van der Waals surface area (Å²) in [6, 6.07) is 9.79. The van der Waals surface area contributed by atoms with Crippen molar-refractivity contribution >= 4 is 22.9 Å². The number of aryl methyl sites for hydroxylation is 1. The lowest BCUT2D eigenvalue weighted by molar-refractivity contribution is -0.118. The zero-order chi connectivity index (χ0) is 14.1. The third-order valence-electron chi connectivity index (χ3n) is 3.80. The minimum atomic E-state index is -0.579. The van der Waals surface area contributed by atoms with Gasteiger partial charge in [-0.1, -0.05) is 18.2 Å². The van der Waals surface area contributed by atoms with Crippen LogP contribution in [0, 0.1) is 0 Å². The number of nitrogens with zero attached hydrogens (tertiary/aromatic N) is 1. The van der Waals surface area contributed by atoms with Gasteiger partial charge in [0, 0.05) is 24.0 Å². The number of fused-ring (bicyclic) bond motifs is 1. The molecule has 1 atom stereocenters. The van der Waals surface area contributed by atoms with Crippen LogP contribution in [0.5, 0.6) is 0 Å². The zero-order valence-corrected chi connectivity index (χ0v) is 12.2. The number of hydrogen-bond donors (Lipinski definition) is 1. The molecular formula is C16H17NO2S. The molecule has 0 bridgehead atoms. The number of aliphatic hydroxyl groups is 1. The van der Waals surface area contributed by atoms with Crippen molar-refractivity contribution in [1.29, 1.82) is 0 Å². The van der Waals surface area contributed by atoms with Crippen molar-refractivity contribution in [3.05, 3.63) is 51.7 Å². The van der Waals surface area contributed by atoms with Crippen LogP contribution in [0.2, 0.25) is 0 Å². The van der Waals surface area contributed by atoms with Crippen LogP contribution in [0.15, 0.2) is 35.7 Å². The van der Waals surface area contributed by atoms with Crippen molar-refractivity contribution in [2.45, 2.75) is 25.4 Å². The smallest absolute Gasteiger partial charge is 0.226 e. The van der Waals surface area contributed by atoms with Crippen LogP contribution < -0.4 is 4.90 Å². The molecule has 3 rings (SSSR count). The molecular weight excluding hydrogens is 270 g/mol. The Morgan fingerprint density at radius 3 is 2.90 bits per heavy atom. The minimum absolute atomic E-state index is 0.162. The number of carbonyl (C=O) groups excluding carboxylic acids is 1. The Bertz CT molecular complexity index is 621. The lowest BCUT2D eigenvalue weighted by Crippen LogP contribution is -2.25. The molecule has 1 N–H and O–H groups in total. The summed E-state index contributed by atoms with van der Waals surface area (Å²) in [5, 5.41) is 12.4. The Kier molecular flexibility index (Phi) is 3.59. The van der Waals surface area contributed by atoms with Crippen molar-refractivity contribution in [1.82, 2.24) is 0 Å². The van der Waals surface area contributed by atoms with Gasteiger partial charge in [-0.15, -0.1) is 11.3 Å². The van der Waals surface area contributed by atoms with E-state index in [0.717, 1.165) is 34.5 Å². The van der Waals surface area contributed by atoms with Crippen LogP contribution in [0.1, 0.15) is 34.9 Å². The van der Waals surface area contributed by atoms with Crippen LogP contribution in [-0.4, -0.2) is 18.1 Å². The van der Waals surface area contributed by atoms with Gasteiger partial charge in [-0.2, -0.15) is 0 Å². The average Bonchev–Trinajstić information content (AvgIpc) is 2.95. The van der Waals surface area contributed by atoms with Gasteiger partial charge in [-0.05, 0) is 41.5 Å². The van der Waals surface area contributed by atoms with Gasteiger partial charge in [-0.3, -0.25) is 4.79 Å². The predicted octanol–water partition coefficient (Wildman–Crippen LogP) is 3.13. The minimum Gasteiger partial charge on any atom is -0.383 e. The summed E-state index contributed by atoms with van der Waals surface area (Å²) in [7, 11) is 1.82. The molecule has 20 heavy (non-hydrogen) atoms. The number of aliphatic hydroxyl groups excluding tert-OH is 1. The number of benzene rings is 1. The maximum Gasteiger partial charge on any atom is 0.226 e. The van der Waals surface area contributed by atoms with E-state index in [9.17, 15) is 9.90 Å². The van der Waals surface area contributed by atoms with Gasteiger partial charge in [0.25, 0.3) is 0 Å². The van der Waals surface area contributed by atoms with E-state index in [-0.39, 0.29) is 5.91 Å². The van der Waals surface area contributed by atoms with Crippen molar-refractivity contribution in [2.75, 3.05) is 11.9 Å². The topological polar surface area (TPSA) is 40.5 Å². The number of carbonyl (C=O) groups is 1. The van der Waals surface area contributed by atoms with E-state index in [1.165, 1.54) is 0 Å². The fourth-order valence-electron chi connectivity index (χ4n) is 2.65. The van der Waals surface area contributed by atoms with Gasteiger partial charge < -0.3 is 10.0 Å². The van der Waals surface area contributed by atoms with Crippen LogP contribution >= 0.6 is 11.3 Å². The summed E-state index contributed by atoms with van der Waals surface area (Å²) in [5.41, 5.74) is 3.01. The Morgan fingerprint density at radius 1 is 1.30 bits per heavy atom. The normalized spacial score (nSPS) is 16.7. The van der Waals surface area contributed by atoms with Crippen LogP contribution in [-0.2, 0) is 11.2 Å². The van der Waals surface area contributed by atoms with E-state index >= 15 is 0 Å². The highest BCUT2D eigenvalue weighted by molar-refractivity contribution is 7.10. The molecule has 3 nitrogen and oxygen atoms in total. The van der Waals surface area contributed by atoms with Gasteiger partial charge >= 0.3 is 0 Å². The van der Waals surface area contributed by atoms with E-state index in [4.69, 9.17) is 0 Å². The summed E-state index contributed by atoms with van der Waals surface area (Å²) < 4.78 is 0. The van der Waals surface area contributed by atoms with Gasteiger partial charge in [-0.25, -0.2) is 0 Å². The molecule has 1 aliphatic heterocycles. The molecule has 0 radical (unpaired) electrons. The Labute approximate surface area is 122 Å². The number of rotatable bonds is 2. The predicted molar refractivity (Wildman–Crippen MR) is 81.2 cm³/mol. The molecule has 1 unspecified atom stereocenters. The number of hydrogen-bond acceptors (Lipinski definition) is 3. The zero-order valence-electron chi connectivity index (χ0n) is 11.4. The Morgan fingerprint density at radius 2 is 2.15 bits per heavy atom. The molecule has 104 valence electrons. The SMILES string of the molecule is CN1C(=O)CCCc2cc(C(O)c3cccs3)ccc21. The fourth-order valence-corrected chi connectivity index (χ4v) is 3.38. The van der Waals surface area contributed by atoms with E-state index in [0.29, 0.717) is 6.42 Å². The lowest BCUT2D eigenvalue weighted by atomic mass is 10.0. The standard InChI is InChI=1S/C16H17NO2S/c1-17-13-8-7-12(16(19)14-5-3-9-20-14)10-11(13)4-2-6-15(17)18/h3,5,7-10,16,19H,2,4,6H2,1H3. The first-order valence-corrected chi connectivity index (χ1v) is 7.65. The van der Waals surface area contributed by atoms with Gasteiger partial charge in [0.15, 0.2) is 0 Å². The molecule has 1 amide bonds. The maximum absolute atomic E-state index is 11.9. The summed E-state index contributed by atoms with van der Waals surface area (Å²) in [6.45, 7) is 0. The highest BCUT2D eigenvalue weighted by Crippen LogP contribution is 2.32. The fraction of sp³-hybridized carbons (Fsp3) is 0.312. The molecule has 1 aliphatic rings. The molecule has 1 aromatic carbocycles. The molecule has 0 saturated heterocycles. The lowest BCUT2D eigenvalue weighted by Gasteiger charge is -2.19.